The molecular formula is C26H22F5N5O2. The predicted octanol–water partition coefficient (Wildman–Crippen LogP) is 5.66. The minimum absolute atomic E-state index is 0.143. The van der Waals surface area contributed by atoms with Crippen molar-refractivity contribution in [3.8, 4) is 17.0 Å². The van der Waals surface area contributed by atoms with Gasteiger partial charge in [0.1, 0.15) is 0 Å². The van der Waals surface area contributed by atoms with Gasteiger partial charge in [-0.05, 0) is 49.8 Å². The maximum atomic E-state index is 13.5. The summed E-state index contributed by atoms with van der Waals surface area (Å²) < 4.78 is 67.2. The molecule has 38 heavy (non-hydrogen) atoms. The van der Waals surface area contributed by atoms with Crippen LogP contribution in [0.15, 0.2) is 48.9 Å². The van der Waals surface area contributed by atoms with Gasteiger partial charge in [-0.2, -0.15) is 18.3 Å². The molecule has 1 saturated carbocycles. The Morgan fingerprint density at radius 2 is 1.74 bits per heavy atom. The molecule has 7 nitrogen and oxygen atoms in total. The molecule has 1 amide bonds. The van der Waals surface area contributed by atoms with Crippen LogP contribution < -0.4 is 5.32 Å². The van der Waals surface area contributed by atoms with E-state index in [-0.39, 0.29) is 17.5 Å². The van der Waals surface area contributed by atoms with Crippen molar-refractivity contribution in [3.63, 3.8) is 0 Å². The molecule has 2 heterocycles. The van der Waals surface area contributed by atoms with E-state index < -0.39 is 35.2 Å². The third-order valence-electron chi connectivity index (χ3n) is 6.78. The molecule has 0 atom stereocenters. The lowest BCUT2D eigenvalue weighted by molar-refractivity contribution is -0.141. The highest BCUT2D eigenvalue weighted by Gasteiger charge is 2.32. The Bertz CT molecular complexity index is 1450. The van der Waals surface area contributed by atoms with E-state index in [4.69, 9.17) is 0 Å². The van der Waals surface area contributed by atoms with Crippen LogP contribution in [0.2, 0.25) is 0 Å². The second kappa shape index (κ2) is 9.99. The molecule has 1 aliphatic carbocycles. The van der Waals surface area contributed by atoms with Crippen LogP contribution >= 0.6 is 0 Å². The fraction of sp³-hybridized carbons (Fsp3) is 0.308. The van der Waals surface area contributed by atoms with Gasteiger partial charge >= 0.3 is 6.18 Å². The molecule has 0 unspecified atom stereocenters. The largest absolute Gasteiger partial charge is 0.503 e. The van der Waals surface area contributed by atoms with Crippen molar-refractivity contribution in [1.82, 2.24) is 25.1 Å². The van der Waals surface area contributed by atoms with E-state index in [1.807, 2.05) is 16.9 Å². The normalized spacial score (nSPS) is 18.0. The van der Waals surface area contributed by atoms with Crippen LogP contribution in [-0.2, 0) is 6.18 Å². The SMILES string of the molecule is O=C(NC[C@H]1CC[C@H](n2cc3ccc(-c4cnc(C(F)(F)F)cn4)cc3n2)CC1)c1cc(F)c(O)c(F)c1. The van der Waals surface area contributed by atoms with Gasteiger partial charge in [-0.25, -0.2) is 13.8 Å². The van der Waals surface area contributed by atoms with E-state index >= 15 is 0 Å². The molecule has 12 heteroatoms. The number of nitrogens with zero attached hydrogens (tertiary/aromatic N) is 4. The number of carbonyl (C=O) groups excluding carboxylic acids is 1. The number of phenols is 1. The van der Waals surface area contributed by atoms with E-state index in [9.17, 15) is 31.9 Å². The third kappa shape index (κ3) is 5.29. The summed E-state index contributed by atoms with van der Waals surface area (Å²) in [5, 5.41) is 17.4. The van der Waals surface area contributed by atoms with Gasteiger partial charge in [0.15, 0.2) is 23.1 Å². The quantitative estimate of drug-likeness (QED) is 0.325. The lowest BCUT2D eigenvalue weighted by atomic mass is 9.86. The van der Waals surface area contributed by atoms with Crippen LogP contribution in [0.25, 0.3) is 22.2 Å². The van der Waals surface area contributed by atoms with Crippen molar-refractivity contribution >= 4 is 16.8 Å². The zero-order valence-electron chi connectivity index (χ0n) is 19.8. The van der Waals surface area contributed by atoms with Crippen molar-refractivity contribution in [2.24, 2.45) is 5.92 Å². The molecule has 0 saturated heterocycles. The van der Waals surface area contributed by atoms with E-state index in [2.05, 4.69) is 20.4 Å². The fourth-order valence-electron chi connectivity index (χ4n) is 4.65. The molecule has 2 N–H and O–H groups in total. The smallest absolute Gasteiger partial charge is 0.434 e. The number of fused-ring (bicyclic) bond motifs is 1. The highest BCUT2D eigenvalue weighted by Crippen LogP contribution is 2.33. The van der Waals surface area contributed by atoms with Crippen LogP contribution in [-0.4, -0.2) is 37.3 Å². The summed E-state index contributed by atoms with van der Waals surface area (Å²) in [6.07, 6.45) is 2.43. The van der Waals surface area contributed by atoms with E-state index in [0.717, 1.165) is 49.4 Å². The number of alkyl halides is 3. The Hall–Kier alpha value is -4.09. The van der Waals surface area contributed by atoms with Crippen LogP contribution in [0.3, 0.4) is 0 Å². The van der Waals surface area contributed by atoms with Gasteiger partial charge in [-0.1, -0.05) is 12.1 Å². The summed E-state index contributed by atoms with van der Waals surface area (Å²) in [5.41, 5.74) is 0.361. The van der Waals surface area contributed by atoms with Gasteiger partial charge in [-0.3, -0.25) is 14.5 Å². The van der Waals surface area contributed by atoms with Gasteiger partial charge in [-0.15, -0.1) is 0 Å². The molecule has 198 valence electrons. The molecule has 4 aromatic rings. The Labute approximate surface area is 213 Å². The number of nitrogens with one attached hydrogen (secondary N) is 1. The number of benzene rings is 2. The standard InChI is InChI=1S/C26H22F5N5O2/c27-19-7-17(8-20(28)24(19)37)25(38)34-10-14-1-5-18(6-2-14)36-13-16-4-3-15(9-21(16)35-36)22-11-33-23(12-32-22)26(29,30)31/h3-4,7-9,11-14,18,37H,1-2,5-6,10H2,(H,34,38)/t14-,18-. The lowest BCUT2D eigenvalue weighted by Crippen LogP contribution is -2.31. The average molecular weight is 531 g/mol. The fourth-order valence-corrected chi connectivity index (χ4v) is 4.65. The minimum Gasteiger partial charge on any atom is -0.503 e. The first-order chi connectivity index (χ1) is 18.1. The predicted molar refractivity (Wildman–Crippen MR) is 127 cm³/mol. The Kier molecular flexibility index (Phi) is 6.72. The molecule has 0 radical (unpaired) electrons. The minimum atomic E-state index is -4.55. The highest BCUT2D eigenvalue weighted by molar-refractivity contribution is 5.94. The number of carbonyl (C=O) groups is 1. The number of amides is 1. The van der Waals surface area contributed by atoms with Crippen LogP contribution in [0.4, 0.5) is 22.0 Å². The number of phenolic OH excluding ortho intramolecular Hbond substituents is 1. The summed E-state index contributed by atoms with van der Waals surface area (Å²) in [6, 6.07) is 7.09. The lowest BCUT2D eigenvalue weighted by Gasteiger charge is -2.28. The summed E-state index contributed by atoms with van der Waals surface area (Å²) >= 11 is 0. The average Bonchev–Trinajstić information content (AvgIpc) is 3.33. The summed E-state index contributed by atoms with van der Waals surface area (Å²) in [4.78, 5) is 19.6. The molecule has 0 bridgehead atoms. The van der Waals surface area contributed by atoms with Gasteiger partial charge in [0.05, 0.1) is 29.6 Å². The number of hydrogen-bond donors (Lipinski definition) is 2. The highest BCUT2D eigenvalue weighted by atomic mass is 19.4. The van der Waals surface area contributed by atoms with Crippen LogP contribution in [0.1, 0.15) is 47.8 Å². The van der Waals surface area contributed by atoms with E-state index in [1.54, 1.807) is 12.1 Å². The molecular weight excluding hydrogens is 509 g/mol. The Morgan fingerprint density at radius 3 is 2.37 bits per heavy atom. The maximum absolute atomic E-state index is 13.5. The van der Waals surface area contributed by atoms with Crippen molar-refractivity contribution in [1.29, 1.82) is 0 Å². The Balaban J connectivity index is 1.19. The molecule has 1 aliphatic rings. The molecule has 2 aromatic heterocycles. The second-order valence-electron chi connectivity index (χ2n) is 9.34. The molecule has 5 rings (SSSR count). The summed E-state index contributed by atoms with van der Waals surface area (Å²) in [7, 11) is 0. The van der Waals surface area contributed by atoms with E-state index in [0.29, 0.717) is 29.5 Å². The van der Waals surface area contributed by atoms with E-state index in [1.165, 1.54) is 0 Å². The molecule has 2 aromatic carbocycles. The van der Waals surface area contributed by atoms with Gasteiger partial charge in [0.25, 0.3) is 5.91 Å². The summed E-state index contributed by atoms with van der Waals surface area (Å²) in [5.74, 6) is -3.92. The first-order valence-electron chi connectivity index (χ1n) is 11.9. The van der Waals surface area contributed by atoms with Crippen molar-refractivity contribution in [3.05, 3.63) is 71.8 Å². The molecule has 1 fully saturated rings. The Morgan fingerprint density at radius 1 is 1.03 bits per heavy atom. The summed E-state index contributed by atoms with van der Waals surface area (Å²) in [6.45, 7) is 0.355. The molecule has 0 spiro atoms. The number of rotatable bonds is 5. The second-order valence-corrected chi connectivity index (χ2v) is 9.34. The zero-order valence-corrected chi connectivity index (χ0v) is 19.8. The third-order valence-corrected chi connectivity index (χ3v) is 6.78. The van der Waals surface area contributed by atoms with Crippen molar-refractivity contribution in [2.45, 2.75) is 37.9 Å². The van der Waals surface area contributed by atoms with Crippen molar-refractivity contribution in [2.75, 3.05) is 6.54 Å². The first-order valence-corrected chi connectivity index (χ1v) is 11.9. The number of aromatic hydroxyl groups is 1. The van der Waals surface area contributed by atoms with Crippen molar-refractivity contribution < 1.29 is 31.9 Å². The van der Waals surface area contributed by atoms with Crippen LogP contribution in [0, 0.1) is 17.6 Å². The van der Waals surface area contributed by atoms with Gasteiger partial charge in [0, 0.05) is 29.3 Å². The molecule has 0 aliphatic heterocycles. The van der Waals surface area contributed by atoms with Crippen LogP contribution in [0.5, 0.6) is 5.75 Å². The number of halogens is 5. The first kappa shape index (κ1) is 25.6. The van der Waals surface area contributed by atoms with Gasteiger partial charge in [0.2, 0.25) is 0 Å². The monoisotopic (exact) mass is 531 g/mol. The van der Waals surface area contributed by atoms with Gasteiger partial charge < -0.3 is 10.4 Å². The zero-order chi connectivity index (χ0) is 27.0. The topological polar surface area (TPSA) is 92.9 Å². The number of aromatic nitrogens is 4. The maximum Gasteiger partial charge on any atom is 0.434 e. The number of hydrogen-bond acceptors (Lipinski definition) is 5.